The summed E-state index contributed by atoms with van der Waals surface area (Å²) in [4.78, 5) is 10.2. The maximum atomic E-state index is 6.12. The third kappa shape index (κ3) is 3.94. The van der Waals surface area contributed by atoms with E-state index in [0.29, 0.717) is 12.5 Å². The summed E-state index contributed by atoms with van der Waals surface area (Å²) in [6, 6.07) is 4.51. The molecule has 2 N–H and O–H groups in total. The van der Waals surface area contributed by atoms with Gasteiger partial charge in [-0.2, -0.15) is 0 Å². The molecule has 2 heterocycles. The summed E-state index contributed by atoms with van der Waals surface area (Å²) in [5, 5.41) is 2.10. The van der Waals surface area contributed by atoms with Gasteiger partial charge in [-0.15, -0.1) is 11.3 Å². The van der Waals surface area contributed by atoms with Gasteiger partial charge in [-0.3, -0.25) is 4.99 Å². The van der Waals surface area contributed by atoms with Crippen molar-refractivity contribution in [2.24, 2.45) is 10.7 Å². The Morgan fingerprint density at radius 3 is 3.05 bits per heavy atom. The molecule has 0 aromatic carbocycles. The van der Waals surface area contributed by atoms with Crippen molar-refractivity contribution < 1.29 is 4.74 Å². The van der Waals surface area contributed by atoms with Crippen LogP contribution in [0.5, 0.6) is 0 Å². The van der Waals surface area contributed by atoms with Crippen molar-refractivity contribution >= 4 is 17.3 Å². The Bertz CT molecular complexity index is 432. The first-order chi connectivity index (χ1) is 9.58. The SMILES string of the molecule is CC1CN(C(N)=NCC(c2cccs2)N(C)C)CCO1. The lowest BCUT2D eigenvalue weighted by atomic mass is 10.2. The minimum Gasteiger partial charge on any atom is -0.375 e. The molecular formula is C14H24N4OS. The first-order valence-electron chi connectivity index (χ1n) is 6.94. The van der Waals surface area contributed by atoms with Crippen LogP contribution in [0, 0.1) is 0 Å². The maximum absolute atomic E-state index is 6.12. The number of likely N-dealkylation sites (N-methyl/N-ethyl adjacent to an activating group) is 1. The molecule has 1 fully saturated rings. The van der Waals surface area contributed by atoms with Crippen LogP contribution >= 0.6 is 11.3 Å². The van der Waals surface area contributed by atoms with Crippen molar-refractivity contribution in [2.45, 2.75) is 19.1 Å². The zero-order valence-corrected chi connectivity index (χ0v) is 13.3. The van der Waals surface area contributed by atoms with Crippen LogP contribution in [0.2, 0.25) is 0 Å². The molecule has 0 spiro atoms. The molecule has 1 aliphatic heterocycles. The molecular weight excluding hydrogens is 272 g/mol. The highest BCUT2D eigenvalue weighted by atomic mass is 32.1. The van der Waals surface area contributed by atoms with E-state index in [1.54, 1.807) is 11.3 Å². The van der Waals surface area contributed by atoms with Gasteiger partial charge in [0.05, 0.1) is 25.3 Å². The average molecular weight is 296 g/mol. The Morgan fingerprint density at radius 2 is 2.45 bits per heavy atom. The smallest absolute Gasteiger partial charge is 0.191 e. The number of morpholine rings is 1. The Labute approximate surface area is 125 Å². The van der Waals surface area contributed by atoms with Crippen LogP contribution in [0.1, 0.15) is 17.8 Å². The van der Waals surface area contributed by atoms with E-state index >= 15 is 0 Å². The largest absolute Gasteiger partial charge is 0.375 e. The van der Waals surface area contributed by atoms with Gasteiger partial charge in [-0.1, -0.05) is 6.07 Å². The van der Waals surface area contributed by atoms with E-state index < -0.39 is 0 Å². The molecule has 2 rings (SSSR count). The summed E-state index contributed by atoms with van der Waals surface area (Å²) in [5.74, 6) is 0.628. The van der Waals surface area contributed by atoms with Crippen LogP contribution in [0.15, 0.2) is 22.5 Å². The van der Waals surface area contributed by atoms with E-state index in [-0.39, 0.29) is 12.1 Å². The highest BCUT2D eigenvalue weighted by molar-refractivity contribution is 7.10. The lowest BCUT2D eigenvalue weighted by molar-refractivity contribution is 0.00526. The molecule has 1 aromatic rings. The van der Waals surface area contributed by atoms with Gasteiger partial charge < -0.3 is 20.3 Å². The summed E-state index contributed by atoms with van der Waals surface area (Å²) < 4.78 is 5.52. The number of nitrogens with two attached hydrogens (primary N) is 1. The summed E-state index contributed by atoms with van der Waals surface area (Å²) >= 11 is 1.76. The fourth-order valence-electron chi connectivity index (χ4n) is 2.30. The third-order valence-corrected chi connectivity index (χ3v) is 4.46. The van der Waals surface area contributed by atoms with E-state index in [0.717, 1.165) is 19.7 Å². The average Bonchev–Trinajstić information content (AvgIpc) is 2.92. The van der Waals surface area contributed by atoms with Crippen molar-refractivity contribution in [3.8, 4) is 0 Å². The zero-order valence-electron chi connectivity index (χ0n) is 12.5. The first kappa shape index (κ1) is 15.3. The summed E-state index contributed by atoms with van der Waals surface area (Å²) in [5.41, 5.74) is 6.12. The summed E-state index contributed by atoms with van der Waals surface area (Å²) in [7, 11) is 4.15. The lowest BCUT2D eigenvalue weighted by Gasteiger charge is -2.32. The second-order valence-corrected chi connectivity index (χ2v) is 6.30. The Hall–Kier alpha value is -1.11. The second kappa shape index (κ2) is 7.06. The van der Waals surface area contributed by atoms with Crippen molar-refractivity contribution in [1.29, 1.82) is 0 Å². The standard InChI is InChI=1S/C14H24N4OS/c1-11-10-18(6-7-19-11)14(15)16-9-12(17(2)3)13-5-4-8-20-13/h4-5,8,11-12H,6-7,9-10H2,1-3H3,(H2,15,16). The van der Waals surface area contributed by atoms with Crippen LogP contribution in [0.4, 0.5) is 0 Å². The van der Waals surface area contributed by atoms with Gasteiger partial charge in [-0.05, 0) is 32.5 Å². The Balaban J connectivity index is 1.98. The minimum absolute atomic E-state index is 0.222. The number of aliphatic imine (C=N–C) groups is 1. The van der Waals surface area contributed by atoms with Crippen LogP contribution in [0.25, 0.3) is 0 Å². The van der Waals surface area contributed by atoms with Gasteiger partial charge in [0.2, 0.25) is 0 Å². The van der Waals surface area contributed by atoms with Gasteiger partial charge in [0.25, 0.3) is 0 Å². The van der Waals surface area contributed by atoms with Gasteiger partial charge in [-0.25, -0.2) is 0 Å². The number of hydrogen-bond acceptors (Lipinski definition) is 4. The fraction of sp³-hybridized carbons (Fsp3) is 0.643. The number of thiophene rings is 1. The van der Waals surface area contributed by atoms with Crippen LogP contribution in [-0.2, 0) is 4.74 Å². The molecule has 0 radical (unpaired) electrons. The molecule has 112 valence electrons. The third-order valence-electron chi connectivity index (χ3n) is 3.49. The second-order valence-electron chi connectivity index (χ2n) is 5.32. The van der Waals surface area contributed by atoms with Gasteiger partial charge in [0, 0.05) is 18.0 Å². The quantitative estimate of drug-likeness (QED) is 0.674. The zero-order chi connectivity index (χ0) is 14.5. The fourth-order valence-corrected chi connectivity index (χ4v) is 3.21. The van der Waals surface area contributed by atoms with Gasteiger partial charge in [0.15, 0.2) is 5.96 Å². The molecule has 0 bridgehead atoms. The monoisotopic (exact) mass is 296 g/mol. The lowest BCUT2D eigenvalue weighted by Crippen LogP contribution is -2.48. The van der Waals surface area contributed by atoms with E-state index in [9.17, 15) is 0 Å². The van der Waals surface area contributed by atoms with E-state index in [4.69, 9.17) is 10.5 Å². The number of nitrogens with zero attached hydrogens (tertiary/aromatic N) is 3. The molecule has 1 saturated heterocycles. The minimum atomic E-state index is 0.222. The van der Waals surface area contributed by atoms with Crippen molar-refractivity contribution in [2.75, 3.05) is 40.3 Å². The molecule has 2 unspecified atom stereocenters. The molecule has 0 aliphatic carbocycles. The number of guanidine groups is 1. The maximum Gasteiger partial charge on any atom is 0.191 e. The molecule has 1 aromatic heterocycles. The van der Waals surface area contributed by atoms with Gasteiger partial charge in [0.1, 0.15) is 0 Å². The molecule has 5 nitrogen and oxygen atoms in total. The number of rotatable bonds is 4. The van der Waals surface area contributed by atoms with E-state index in [1.807, 2.05) is 0 Å². The molecule has 0 amide bonds. The highest BCUT2D eigenvalue weighted by Gasteiger charge is 2.19. The topological polar surface area (TPSA) is 54.1 Å². The van der Waals surface area contributed by atoms with Crippen molar-refractivity contribution in [3.05, 3.63) is 22.4 Å². The Morgan fingerprint density at radius 1 is 1.65 bits per heavy atom. The first-order valence-corrected chi connectivity index (χ1v) is 7.82. The Kier molecular flexibility index (Phi) is 5.39. The van der Waals surface area contributed by atoms with Gasteiger partial charge >= 0.3 is 0 Å². The molecule has 6 heteroatoms. The molecule has 0 saturated carbocycles. The normalized spacial score (nSPS) is 22.3. The van der Waals surface area contributed by atoms with Crippen molar-refractivity contribution in [1.82, 2.24) is 9.80 Å². The van der Waals surface area contributed by atoms with E-state index in [1.165, 1.54) is 4.88 Å². The number of hydrogen-bond donors (Lipinski definition) is 1. The number of ether oxygens (including phenoxy) is 1. The highest BCUT2D eigenvalue weighted by Crippen LogP contribution is 2.23. The molecule has 2 atom stereocenters. The van der Waals surface area contributed by atoms with E-state index in [2.05, 4.69) is 53.3 Å². The summed E-state index contributed by atoms with van der Waals surface area (Å²) in [6.07, 6.45) is 0.222. The van der Waals surface area contributed by atoms with Crippen LogP contribution in [0.3, 0.4) is 0 Å². The van der Waals surface area contributed by atoms with Crippen molar-refractivity contribution in [3.63, 3.8) is 0 Å². The predicted molar refractivity (Wildman–Crippen MR) is 84.2 cm³/mol. The predicted octanol–water partition coefficient (Wildman–Crippen LogP) is 1.39. The molecule has 1 aliphatic rings. The summed E-state index contributed by atoms with van der Waals surface area (Å²) in [6.45, 7) is 5.12. The van der Waals surface area contributed by atoms with Crippen LogP contribution in [-0.4, -0.2) is 62.2 Å². The molecule has 20 heavy (non-hydrogen) atoms. The van der Waals surface area contributed by atoms with Crippen LogP contribution < -0.4 is 5.73 Å².